The van der Waals surface area contributed by atoms with E-state index in [1.165, 1.54) is 0 Å². The highest BCUT2D eigenvalue weighted by Gasteiger charge is 2.26. The predicted octanol–water partition coefficient (Wildman–Crippen LogP) is -0.0596. The van der Waals surface area contributed by atoms with Gasteiger partial charge in [0.05, 0.1) is 12.6 Å². The van der Waals surface area contributed by atoms with E-state index in [0.29, 0.717) is 26.2 Å². The number of aromatic nitrogens is 2. The van der Waals surface area contributed by atoms with E-state index in [-0.39, 0.29) is 23.9 Å². The summed E-state index contributed by atoms with van der Waals surface area (Å²) in [5.41, 5.74) is 0. The van der Waals surface area contributed by atoms with Gasteiger partial charge in [-0.05, 0) is 19.9 Å². The fourth-order valence-corrected chi connectivity index (χ4v) is 2.76. The lowest BCUT2D eigenvalue weighted by Gasteiger charge is -2.36. The number of piperazine rings is 1. The zero-order valence-corrected chi connectivity index (χ0v) is 13.5. The Morgan fingerprint density at radius 3 is 2.36 bits per heavy atom. The Morgan fingerprint density at radius 2 is 1.82 bits per heavy atom. The van der Waals surface area contributed by atoms with Gasteiger partial charge in [-0.2, -0.15) is 5.10 Å². The van der Waals surface area contributed by atoms with Crippen LogP contribution in [0.25, 0.3) is 0 Å². The maximum Gasteiger partial charge on any atom is 0.239 e. The topological polar surface area (TPSA) is 70.5 Å². The highest BCUT2D eigenvalue weighted by Crippen LogP contribution is 2.05. The van der Waals surface area contributed by atoms with Crippen molar-refractivity contribution in [3.05, 3.63) is 18.5 Å². The van der Waals surface area contributed by atoms with E-state index >= 15 is 0 Å². The second-order valence-electron chi connectivity index (χ2n) is 5.85. The maximum absolute atomic E-state index is 12.5. The predicted molar refractivity (Wildman–Crippen MR) is 83.1 cm³/mol. The van der Waals surface area contributed by atoms with Crippen molar-refractivity contribution < 1.29 is 9.59 Å². The van der Waals surface area contributed by atoms with Crippen LogP contribution in [0.5, 0.6) is 0 Å². The van der Waals surface area contributed by atoms with Crippen molar-refractivity contribution in [3.8, 4) is 0 Å². The van der Waals surface area contributed by atoms with E-state index in [4.69, 9.17) is 0 Å². The van der Waals surface area contributed by atoms with Crippen molar-refractivity contribution in [2.45, 2.75) is 39.4 Å². The molecule has 2 atom stereocenters. The lowest BCUT2D eigenvalue weighted by molar-refractivity contribution is -0.139. The first-order valence-electron chi connectivity index (χ1n) is 7.75. The van der Waals surface area contributed by atoms with Crippen molar-refractivity contribution >= 4 is 11.8 Å². The number of carbonyl (C=O) groups is 2. The zero-order chi connectivity index (χ0) is 16.1. The number of nitrogens with zero attached hydrogens (tertiary/aromatic N) is 4. The number of amides is 2. The Balaban J connectivity index is 1.78. The molecular formula is C15H25N5O2. The third kappa shape index (κ3) is 4.30. The summed E-state index contributed by atoms with van der Waals surface area (Å²) in [6.07, 6.45) is 3.65. The van der Waals surface area contributed by atoms with Crippen LogP contribution in [0.4, 0.5) is 0 Å². The van der Waals surface area contributed by atoms with Crippen LogP contribution in [-0.2, 0) is 16.1 Å². The molecule has 1 aliphatic rings. The van der Waals surface area contributed by atoms with Gasteiger partial charge in [0.2, 0.25) is 11.8 Å². The highest BCUT2D eigenvalue weighted by molar-refractivity contribution is 5.82. The largest absolute Gasteiger partial charge is 0.339 e. The van der Waals surface area contributed by atoms with Gasteiger partial charge in [0, 0.05) is 51.5 Å². The Kier molecular flexibility index (Phi) is 5.54. The summed E-state index contributed by atoms with van der Waals surface area (Å²) in [4.78, 5) is 27.4. The van der Waals surface area contributed by atoms with Gasteiger partial charge in [0.1, 0.15) is 0 Å². The van der Waals surface area contributed by atoms with Crippen molar-refractivity contribution in [2.75, 3.05) is 26.2 Å². The lowest BCUT2D eigenvalue weighted by Crippen LogP contribution is -2.55. The standard InChI is InChI=1S/C15H25N5O2/c1-12(11-20-6-4-5-16-20)17-13(2)15(22)19-9-7-18(8-10-19)14(3)21/h4-6,12-13,17H,7-11H2,1-3H3/t12-,13+/m1/s1. The summed E-state index contributed by atoms with van der Waals surface area (Å²) in [5, 5.41) is 7.48. The fourth-order valence-electron chi connectivity index (χ4n) is 2.76. The van der Waals surface area contributed by atoms with Crippen molar-refractivity contribution in [2.24, 2.45) is 0 Å². The quantitative estimate of drug-likeness (QED) is 0.827. The third-order valence-corrected chi connectivity index (χ3v) is 3.96. The van der Waals surface area contributed by atoms with Crippen LogP contribution >= 0.6 is 0 Å². The summed E-state index contributed by atoms with van der Waals surface area (Å²) in [7, 11) is 0. The van der Waals surface area contributed by atoms with E-state index in [0.717, 1.165) is 6.54 Å². The fraction of sp³-hybridized carbons (Fsp3) is 0.667. The molecule has 2 heterocycles. The molecule has 122 valence electrons. The first-order valence-corrected chi connectivity index (χ1v) is 7.75. The average Bonchev–Trinajstić information content (AvgIpc) is 2.99. The molecule has 0 aromatic carbocycles. The van der Waals surface area contributed by atoms with E-state index in [1.807, 2.05) is 35.7 Å². The van der Waals surface area contributed by atoms with Gasteiger partial charge in [-0.3, -0.25) is 14.3 Å². The minimum Gasteiger partial charge on any atom is -0.339 e. The van der Waals surface area contributed by atoms with Crippen LogP contribution in [-0.4, -0.2) is 69.7 Å². The molecule has 1 fully saturated rings. The van der Waals surface area contributed by atoms with E-state index in [9.17, 15) is 9.59 Å². The lowest BCUT2D eigenvalue weighted by atomic mass is 10.2. The zero-order valence-electron chi connectivity index (χ0n) is 13.5. The molecule has 0 bridgehead atoms. The summed E-state index contributed by atoms with van der Waals surface area (Å²) in [5.74, 6) is 0.168. The van der Waals surface area contributed by atoms with Crippen LogP contribution in [0.3, 0.4) is 0 Å². The molecule has 2 rings (SSSR count). The van der Waals surface area contributed by atoms with Crippen LogP contribution in [0, 0.1) is 0 Å². The maximum atomic E-state index is 12.5. The summed E-state index contributed by atoms with van der Waals surface area (Å²) in [6.45, 7) is 8.68. The molecule has 0 spiro atoms. The van der Waals surface area contributed by atoms with Crippen LogP contribution in [0.1, 0.15) is 20.8 Å². The first kappa shape index (κ1) is 16.5. The number of hydrogen-bond donors (Lipinski definition) is 1. The van der Waals surface area contributed by atoms with Gasteiger partial charge in [-0.15, -0.1) is 0 Å². The Bertz CT molecular complexity index is 494. The van der Waals surface area contributed by atoms with Crippen molar-refractivity contribution in [1.82, 2.24) is 24.9 Å². The second-order valence-corrected chi connectivity index (χ2v) is 5.85. The molecule has 1 aromatic heterocycles. The molecule has 0 saturated carbocycles. The smallest absolute Gasteiger partial charge is 0.239 e. The Morgan fingerprint density at radius 1 is 1.18 bits per heavy atom. The SMILES string of the molecule is CC(=O)N1CCN(C(=O)[C@H](C)N[C@H](C)Cn2cccn2)CC1. The van der Waals surface area contributed by atoms with Gasteiger partial charge in [0.15, 0.2) is 0 Å². The second kappa shape index (κ2) is 7.40. The third-order valence-electron chi connectivity index (χ3n) is 3.96. The van der Waals surface area contributed by atoms with Gasteiger partial charge < -0.3 is 15.1 Å². The van der Waals surface area contributed by atoms with Gasteiger partial charge in [-0.1, -0.05) is 0 Å². The summed E-state index contributed by atoms with van der Waals surface area (Å²) >= 11 is 0. The molecule has 0 radical (unpaired) electrons. The van der Waals surface area contributed by atoms with Crippen LogP contribution < -0.4 is 5.32 Å². The molecule has 2 amide bonds. The molecule has 22 heavy (non-hydrogen) atoms. The minimum absolute atomic E-state index is 0.0751. The molecule has 1 aliphatic heterocycles. The van der Waals surface area contributed by atoms with E-state index in [2.05, 4.69) is 10.4 Å². The molecule has 1 N–H and O–H groups in total. The Labute approximate surface area is 131 Å². The van der Waals surface area contributed by atoms with Crippen LogP contribution in [0.2, 0.25) is 0 Å². The molecule has 1 aromatic rings. The molecule has 0 aliphatic carbocycles. The minimum atomic E-state index is -0.241. The number of carbonyl (C=O) groups excluding carboxylic acids is 2. The van der Waals surface area contributed by atoms with Gasteiger partial charge >= 0.3 is 0 Å². The molecular weight excluding hydrogens is 282 g/mol. The number of hydrogen-bond acceptors (Lipinski definition) is 4. The number of nitrogens with one attached hydrogen (secondary N) is 1. The normalized spacial score (nSPS) is 18.1. The molecule has 7 heteroatoms. The van der Waals surface area contributed by atoms with E-state index < -0.39 is 0 Å². The van der Waals surface area contributed by atoms with Crippen LogP contribution in [0.15, 0.2) is 18.5 Å². The van der Waals surface area contributed by atoms with Gasteiger partial charge in [-0.25, -0.2) is 0 Å². The summed E-state index contributed by atoms with van der Waals surface area (Å²) < 4.78 is 1.85. The van der Waals surface area contributed by atoms with Gasteiger partial charge in [0.25, 0.3) is 0 Å². The molecule has 7 nitrogen and oxygen atoms in total. The highest BCUT2D eigenvalue weighted by atomic mass is 16.2. The van der Waals surface area contributed by atoms with E-state index in [1.54, 1.807) is 18.0 Å². The molecule has 1 saturated heterocycles. The summed E-state index contributed by atoms with van der Waals surface area (Å²) in [6, 6.07) is 1.79. The Hall–Kier alpha value is -1.89. The number of rotatable bonds is 5. The van der Waals surface area contributed by atoms with Crippen molar-refractivity contribution in [3.63, 3.8) is 0 Å². The first-order chi connectivity index (χ1) is 10.5. The monoisotopic (exact) mass is 307 g/mol. The average molecular weight is 307 g/mol. The van der Waals surface area contributed by atoms with Crippen molar-refractivity contribution in [1.29, 1.82) is 0 Å². The molecule has 0 unspecified atom stereocenters.